The zero-order valence-electron chi connectivity index (χ0n) is 13.0. The molecule has 0 amide bonds. The number of ether oxygens (including phenoxy) is 1. The van der Waals surface area contributed by atoms with Gasteiger partial charge in [-0.05, 0) is 49.9 Å². The summed E-state index contributed by atoms with van der Waals surface area (Å²) < 4.78 is 5.92. The Morgan fingerprint density at radius 1 is 1.14 bits per heavy atom. The lowest BCUT2D eigenvalue weighted by Gasteiger charge is -2.16. The van der Waals surface area contributed by atoms with Crippen LogP contribution in [0.15, 0.2) is 42.5 Å². The highest BCUT2D eigenvalue weighted by Gasteiger charge is 2.30. The van der Waals surface area contributed by atoms with Crippen molar-refractivity contribution in [1.29, 1.82) is 0 Å². The van der Waals surface area contributed by atoms with Crippen LogP contribution >= 0.6 is 0 Å². The van der Waals surface area contributed by atoms with E-state index < -0.39 is 0 Å². The molecule has 0 fully saturated rings. The van der Waals surface area contributed by atoms with E-state index in [1.807, 2.05) is 0 Å². The van der Waals surface area contributed by atoms with Crippen molar-refractivity contribution in [3.8, 4) is 5.75 Å². The largest absolute Gasteiger partial charge is 0.487 e. The van der Waals surface area contributed by atoms with Gasteiger partial charge in [-0.15, -0.1) is 0 Å². The van der Waals surface area contributed by atoms with E-state index in [1.165, 1.54) is 22.3 Å². The SMILES string of the molecule is Cc1ccc(CC(N)c2ccc3c(c2)CC(C)(C)O3)cc1. The number of benzene rings is 2. The number of fused-ring (bicyclic) bond motifs is 1. The van der Waals surface area contributed by atoms with Crippen molar-refractivity contribution in [2.45, 2.75) is 45.3 Å². The van der Waals surface area contributed by atoms with Gasteiger partial charge in [0.25, 0.3) is 0 Å². The van der Waals surface area contributed by atoms with E-state index >= 15 is 0 Å². The third kappa shape index (κ3) is 3.11. The highest BCUT2D eigenvalue weighted by Crippen LogP contribution is 2.36. The molecule has 0 saturated heterocycles. The zero-order chi connectivity index (χ0) is 15.0. The van der Waals surface area contributed by atoms with E-state index in [4.69, 9.17) is 10.5 Å². The maximum Gasteiger partial charge on any atom is 0.123 e. The fourth-order valence-electron chi connectivity index (χ4n) is 2.96. The minimum absolute atomic E-state index is 0.0294. The maximum atomic E-state index is 6.39. The topological polar surface area (TPSA) is 35.2 Å². The van der Waals surface area contributed by atoms with Crippen LogP contribution in [-0.4, -0.2) is 5.60 Å². The second-order valence-electron chi connectivity index (χ2n) is 6.70. The molecule has 0 spiro atoms. The van der Waals surface area contributed by atoms with Gasteiger partial charge in [0, 0.05) is 12.5 Å². The van der Waals surface area contributed by atoms with E-state index in [0.717, 1.165) is 18.6 Å². The number of rotatable bonds is 3. The van der Waals surface area contributed by atoms with Crippen LogP contribution in [0.3, 0.4) is 0 Å². The van der Waals surface area contributed by atoms with Crippen LogP contribution in [0.5, 0.6) is 5.75 Å². The first-order chi connectivity index (χ1) is 9.93. The Kier molecular flexibility index (Phi) is 3.50. The van der Waals surface area contributed by atoms with Crippen LogP contribution in [0, 0.1) is 6.92 Å². The Bertz CT molecular complexity index is 643. The standard InChI is InChI=1S/C19H23NO/c1-13-4-6-14(7-5-13)10-17(20)15-8-9-18-16(11-15)12-19(2,3)21-18/h4-9,11,17H,10,12,20H2,1-3H3. The molecule has 1 unspecified atom stereocenters. The second kappa shape index (κ2) is 5.19. The van der Waals surface area contributed by atoms with Gasteiger partial charge in [0.2, 0.25) is 0 Å². The second-order valence-corrected chi connectivity index (χ2v) is 6.70. The third-order valence-corrected chi connectivity index (χ3v) is 4.09. The first kappa shape index (κ1) is 14.2. The van der Waals surface area contributed by atoms with Gasteiger partial charge in [-0.2, -0.15) is 0 Å². The molecule has 0 bridgehead atoms. The molecular weight excluding hydrogens is 258 g/mol. The van der Waals surface area contributed by atoms with Gasteiger partial charge in [0.05, 0.1) is 0 Å². The fraction of sp³-hybridized carbons (Fsp3) is 0.368. The summed E-state index contributed by atoms with van der Waals surface area (Å²) in [4.78, 5) is 0. The quantitative estimate of drug-likeness (QED) is 0.924. The zero-order valence-corrected chi connectivity index (χ0v) is 13.0. The molecule has 0 aromatic heterocycles. The van der Waals surface area contributed by atoms with E-state index in [2.05, 4.69) is 63.2 Å². The summed E-state index contributed by atoms with van der Waals surface area (Å²) >= 11 is 0. The van der Waals surface area contributed by atoms with E-state index in [9.17, 15) is 0 Å². The summed E-state index contributed by atoms with van der Waals surface area (Å²) in [5, 5.41) is 0. The molecule has 1 heterocycles. The van der Waals surface area contributed by atoms with Crippen molar-refractivity contribution in [2.24, 2.45) is 5.73 Å². The molecule has 2 nitrogen and oxygen atoms in total. The molecule has 0 aliphatic carbocycles. The Labute approximate surface area is 126 Å². The smallest absolute Gasteiger partial charge is 0.123 e. The van der Waals surface area contributed by atoms with Crippen molar-refractivity contribution in [3.63, 3.8) is 0 Å². The summed E-state index contributed by atoms with van der Waals surface area (Å²) in [6.07, 6.45) is 1.82. The van der Waals surface area contributed by atoms with Crippen LogP contribution in [0.25, 0.3) is 0 Å². The lowest BCUT2D eigenvalue weighted by Crippen LogP contribution is -2.24. The van der Waals surface area contributed by atoms with Gasteiger partial charge in [0.15, 0.2) is 0 Å². The monoisotopic (exact) mass is 281 g/mol. The van der Waals surface area contributed by atoms with Gasteiger partial charge in [-0.25, -0.2) is 0 Å². The molecule has 3 rings (SSSR count). The molecule has 1 aliphatic rings. The first-order valence-corrected chi connectivity index (χ1v) is 7.56. The molecule has 1 aliphatic heterocycles. The summed E-state index contributed by atoms with van der Waals surface area (Å²) in [6, 6.07) is 15.0. The molecule has 2 N–H and O–H groups in total. The minimum Gasteiger partial charge on any atom is -0.487 e. The molecule has 2 heteroatoms. The number of aryl methyl sites for hydroxylation is 1. The Morgan fingerprint density at radius 3 is 2.57 bits per heavy atom. The fourth-order valence-corrected chi connectivity index (χ4v) is 2.96. The molecule has 21 heavy (non-hydrogen) atoms. The number of nitrogens with two attached hydrogens (primary N) is 1. The van der Waals surface area contributed by atoms with E-state index in [0.29, 0.717) is 0 Å². The predicted octanol–water partition coefficient (Wildman–Crippen LogP) is 3.95. The Morgan fingerprint density at radius 2 is 1.86 bits per heavy atom. The van der Waals surface area contributed by atoms with Crippen LogP contribution in [0.2, 0.25) is 0 Å². The van der Waals surface area contributed by atoms with Crippen LogP contribution in [0.4, 0.5) is 0 Å². The van der Waals surface area contributed by atoms with Gasteiger partial charge >= 0.3 is 0 Å². The average molecular weight is 281 g/mol. The Hall–Kier alpha value is -1.80. The van der Waals surface area contributed by atoms with Crippen LogP contribution < -0.4 is 10.5 Å². The lowest BCUT2D eigenvalue weighted by atomic mass is 9.95. The molecule has 2 aromatic rings. The van der Waals surface area contributed by atoms with Crippen LogP contribution in [0.1, 0.15) is 42.1 Å². The molecule has 0 radical (unpaired) electrons. The van der Waals surface area contributed by atoms with Crippen molar-refractivity contribution in [3.05, 3.63) is 64.7 Å². The Balaban J connectivity index is 1.77. The molecule has 2 aromatic carbocycles. The number of hydrogen-bond donors (Lipinski definition) is 1. The summed E-state index contributed by atoms with van der Waals surface area (Å²) in [5.41, 5.74) is 11.3. The molecule has 110 valence electrons. The predicted molar refractivity (Wildman–Crippen MR) is 86.7 cm³/mol. The normalized spacial score (nSPS) is 17.1. The van der Waals surface area contributed by atoms with Crippen molar-refractivity contribution < 1.29 is 4.74 Å². The van der Waals surface area contributed by atoms with Gasteiger partial charge in [0.1, 0.15) is 11.4 Å². The molecular formula is C19H23NO. The van der Waals surface area contributed by atoms with E-state index in [1.54, 1.807) is 0 Å². The van der Waals surface area contributed by atoms with E-state index in [-0.39, 0.29) is 11.6 Å². The van der Waals surface area contributed by atoms with Gasteiger partial charge in [-0.3, -0.25) is 0 Å². The maximum absolute atomic E-state index is 6.39. The summed E-state index contributed by atoms with van der Waals surface area (Å²) in [7, 11) is 0. The average Bonchev–Trinajstić information content (AvgIpc) is 2.74. The molecule has 1 atom stereocenters. The highest BCUT2D eigenvalue weighted by molar-refractivity contribution is 5.43. The minimum atomic E-state index is -0.0952. The number of hydrogen-bond acceptors (Lipinski definition) is 2. The third-order valence-electron chi connectivity index (χ3n) is 4.09. The van der Waals surface area contributed by atoms with Crippen LogP contribution in [-0.2, 0) is 12.8 Å². The van der Waals surface area contributed by atoms with Crippen molar-refractivity contribution in [1.82, 2.24) is 0 Å². The van der Waals surface area contributed by atoms with Gasteiger partial charge < -0.3 is 10.5 Å². The van der Waals surface area contributed by atoms with Crippen molar-refractivity contribution in [2.75, 3.05) is 0 Å². The molecule has 0 saturated carbocycles. The van der Waals surface area contributed by atoms with Crippen molar-refractivity contribution >= 4 is 0 Å². The summed E-state index contributed by atoms with van der Waals surface area (Å²) in [5.74, 6) is 1.01. The first-order valence-electron chi connectivity index (χ1n) is 7.56. The lowest BCUT2D eigenvalue weighted by molar-refractivity contribution is 0.138. The van der Waals surface area contributed by atoms with Gasteiger partial charge in [-0.1, -0.05) is 42.0 Å². The summed E-state index contributed by atoms with van der Waals surface area (Å²) in [6.45, 7) is 6.35. The highest BCUT2D eigenvalue weighted by atomic mass is 16.5.